The molecule has 1 fully saturated rings. The van der Waals surface area contributed by atoms with Crippen LogP contribution >= 0.6 is 0 Å². The Kier molecular flexibility index (Phi) is 4.71. The first-order valence-corrected chi connectivity index (χ1v) is 6.48. The molecule has 0 saturated carbocycles. The molecule has 0 bridgehead atoms. The maximum absolute atomic E-state index is 12.0. The normalized spacial score (nSPS) is 14.9. The molecule has 0 radical (unpaired) electrons. The molecule has 0 aromatic heterocycles. The topological polar surface area (TPSA) is 85.2 Å². The number of hydrogen-bond donors (Lipinski definition) is 0. The number of nitro groups is 1. The van der Waals surface area contributed by atoms with E-state index in [0.717, 1.165) is 5.06 Å². The average Bonchev–Trinajstić information content (AvgIpc) is 2.53. The lowest BCUT2D eigenvalue weighted by atomic mass is 10.1. The molecule has 8 heteroatoms. The molecule has 8 nitrogen and oxygen atoms in total. The van der Waals surface area contributed by atoms with Crippen molar-refractivity contribution >= 4 is 17.3 Å². The van der Waals surface area contributed by atoms with Gasteiger partial charge in [0.2, 0.25) is 0 Å². The lowest BCUT2D eigenvalue weighted by molar-refractivity contribution is -0.384. The number of nitro benzene ring substituents is 1. The smallest absolute Gasteiger partial charge is 0.293 e. The minimum Gasteiger partial charge on any atom is -0.378 e. The second kappa shape index (κ2) is 6.51. The Morgan fingerprint density at radius 3 is 2.67 bits per heavy atom. The van der Waals surface area contributed by atoms with Crippen molar-refractivity contribution in [3.63, 3.8) is 0 Å². The van der Waals surface area contributed by atoms with Gasteiger partial charge in [0.1, 0.15) is 5.69 Å². The second-order valence-electron chi connectivity index (χ2n) is 4.55. The molecule has 2 rings (SSSR count). The minimum absolute atomic E-state index is 0.0905. The molecular weight excluding hydrogens is 278 g/mol. The largest absolute Gasteiger partial charge is 0.378 e. The zero-order chi connectivity index (χ0) is 15.4. The maximum Gasteiger partial charge on any atom is 0.293 e. The van der Waals surface area contributed by atoms with Crippen molar-refractivity contribution < 1.29 is 19.3 Å². The molecule has 1 aliphatic heterocycles. The van der Waals surface area contributed by atoms with Crippen molar-refractivity contribution in [3.8, 4) is 0 Å². The first-order chi connectivity index (χ1) is 10.0. The van der Waals surface area contributed by atoms with Crippen molar-refractivity contribution in [2.24, 2.45) is 0 Å². The van der Waals surface area contributed by atoms with Crippen LogP contribution in [-0.2, 0) is 9.57 Å². The summed E-state index contributed by atoms with van der Waals surface area (Å²) < 4.78 is 5.24. The first kappa shape index (κ1) is 15.2. The van der Waals surface area contributed by atoms with Crippen LogP contribution < -0.4 is 4.90 Å². The van der Waals surface area contributed by atoms with Crippen LogP contribution in [-0.4, -0.2) is 56.4 Å². The summed E-state index contributed by atoms with van der Waals surface area (Å²) >= 11 is 0. The van der Waals surface area contributed by atoms with Gasteiger partial charge in [0.25, 0.3) is 11.6 Å². The summed E-state index contributed by atoms with van der Waals surface area (Å²) in [6.07, 6.45) is 0. The fourth-order valence-electron chi connectivity index (χ4n) is 2.14. The fraction of sp³-hybridized carbons (Fsp3) is 0.462. The predicted molar refractivity (Wildman–Crippen MR) is 75.2 cm³/mol. The molecular formula is C13H17N3O5. The van der Waals surface area contributed by atoms with Gasteiger partial charge in [-0.05, 0) is 12.1 Å². The number of rotatable bonds is 4. The van der Waals surface area contributed by atoms with Gasteiger partial charge in [-0.15, -0.1) is 0 Å². The molecule has 1 saturated heterocycles. The summed E-state index contributed by atoms with van der Waals surface area (Å²) in [4.78, 5) is 29.5. The van der Waals surface area contributed by atoms with Crippen LogP contribution in [0.3, 0.4) is 0 Å². The Balaban J connectivity index is 2.35. The van der Waals surface area contributed by atoms with Crippen molar-refractivity contribution in [1.29, 1.82) is 0 Å². The molecule has 1 amide bonds. The van der Waals surface area contributed by atoms with Crippen molar-refractivity contribution in [2.75, 3.05) is 45.4 Å². The highest BCUT2D eigenvalue weighted by atomic mass is 16.7. The minimum atomic E-state index is -0.478. The summed E-state index contributed by atoms with van der Waals surface area (Å²) in [5.74, 6) is -0.436. The van der Waals surface area contributed by atoms with Gasteiger partial charge in [-0.1, -0.05) is 0 Å². The number of anilines is 1. The molecule has 1 aromatic carbocycles. The van der Waals surface area contributed by atoms with Gasteiger partial charge in [-0.3, -0.25) is 19.7 Å². The molecule has 21 heavy (non-hydrogen) atoms. The van der Waals surface area contributed by atoms with Gasteiger partial charge in [0.15, 0.2) is 0 Å². The Labute approximate surface area is 121 Å². The summed E-state index contributed by atoms with van der Waals surface area (Å²) in [5, 5.41) is 12.3. The quantitative estimate of drug-likeness (QED) is 0.610. The number of ether oxygens (including phenoxy) is 1. The third kappa shape index (κ3) is 3.29. The predicted octanol–water partition coefficient (Wildman–Crippen LogP) is 1.06. The zero-order valence-corrected chi connectivity index (χ0v) is 11.9. The number of amides is 1. The number of morpholine rings is 1. The van der Waals surface area contributed by atoms with Crippen molar-refractivity contribution in [3.05, 3.63) is 33.9 Å². The van der Waals surface area contributed by atoms with E-state index in [2.05, 4.69) is 0 Å². The fourth-order valence-corrected chi connectivity index (χ4v) is 2.14. The van der Waals surface area contributed by atoms with Crippen LogP contribution in [0.5, 0.6) is 0 Å². The van der Waals surface area contributed by atoms with E-state index in [4.69, 9.17) is 9.57 Å². The van der Waals surface area contributed by atoms with Gasteiger partial charge < -0.3 is 9.64 Å². The molecule has 1 heterocycles. The standard InChI is InChI=1S/C13H17N3O5/c1-14(20-2)13(17)10-3-4-11(12(9-10)16(18)19)15-5-7-21-8-6-15/h3-4,9H,5-8H2,1-2H3. The van der Waals surface area contributed by atoms with E-state index in [1.165, 1.54) is 20.2 Å². The van der Waals surface area contributed by atoms with Crippen LogP contribution in [0.25, 0.3) is 0 Å². The van der Waals surface area contributed by atoms with Crippen molar-refractivity contribution in [2.45, 2.75) is 0 Å². The zero-order valence-electron chi connectivity index (χ0n) is 11.9. The number of carbonyl (C=O) groups excluding carboxylic acids is 1. The molecule has 114 valence electrons. The number of hydroxylamine groups is 2. The van der Waals surface area contributed by atoms with Crippen LogP contribution in [0.15, 0.2) is 18.2 Å². The van der Waals surface area contributed by atoms with Gasteiger partial charge in [-0.2, -0.15) is 0 Å². The van der Waals surface area contributed by atoms with Gasteiger partial charge >= 0.3 is 0 Å². The van der Waals surface area contributed by atoms with E-state index in [0.29, 0.717) is 32.0 Å². The molecule has 1 aromatic rings. The number of carbonyl (C=O) groups is 1. The van der Waals surface area contributed by atoms with Gasteiger partial charge in [0.05, 0.1) is 25.2 Å². The van der Waals surface area contributed by atoms with Crippen LogP contribution in [0, 0.1) is 10.1 Å². The Bertz CT molecular complexity index is 543. The first-order valence-electron chi connectivity index (χ1n) is 6.48. The Morgan fingerprint density at radius 1 is 1.43 bits per heavy atom. The highest BCUT2D eigenvalue weighted by Gasteiger charge is 2.24. The Hall–Kier alpha value is -2.19. The summed E-state index contributed by atoms with van der Waals surface area (Å²) in [7, 11) is 2.80. The summed E-state index contributed by atoms with van der Waals surface area (Å²) in [6, 6.07) is 4.44. The second-order valence-corrected chi connectivity index (χ2v) is 4.55. The van der Waals surface area contributed by atoms with Crippen molar-refractivity contribution in [1.82, 2.24) is 5.06 Å². The maximum atomic E-state index is 12.0. The monoisotopic (exact) mass is 295 g/mol. The van der Waals surface area contributed by atoms with E-state index in [-0.39, 0.29) is 11.3 Å². The van der Waals surface area contributed by atoms with E-state index < -0.39 is 10.8 Å². The third-order valence-corrected chi connectivity index (χ3v) is 3.33. The lowest BCUT2D eigenvalue weighted by Crippen LogP contribution is -2.36. The third-order valence-electron chi connectivity index (χ3n) is 3.33. The highest BCUT2D eigenvalue weighted by Crippen LogP contribution is 2.30. The van der Waals surface area contributed by atoms with E-state index in [9.17, 15) is 14.9 Å². The summed E-state index contributed by atoms with van der Waals surface area (Å²) in [5.41, 5.74) is 0.621. The molecule has 0 spiro atoms. The van der Waals surface area contributed by atoms with Crippen LogP contribution in [0.2, 0.25) is 0 Å². The number of benzene rings is 1. The van der Waals surface area contributed by atoms with E-state index >= 15 is 0 Å². The number of hydrogen-bond acceptors (Lipinski definition) is 6. The molecule has 1 aliphatic rings. The van der Waals surface area contributed by atoms with E-state index in [1.54, 1.807) is 12.1 Å². The molecule has 0 N–H and O–H groups in total. The van der Waals surface area contributed by atoms with Crippen LogP contribution in [0.4, 0.5) is 11.4 Å². The molecule has 0 unspecified atom stereocenters. The highest BCUT2D eigenvalue weighted by molar-refractivity contribution is 5.95. The molecule has 0 atom stereocenters. The average molecular weight is 295 g/mol. The molecule has 0 aliphatic carbocycles. The summed E-state index contributed by atoms with van der Waals surface area (Å²) in [6.45, 7) is 2.24. The Morgan fingerprint density at radius 2 is 2.10 bits per heavy atom. The number of nitrogens with zero attached hydrogens (tertiary/aromatic N) is 3. The van der Waals surface area contributed by atoms with Gasteiger partial charge in [0, 0.05) is 31.8 Å². The lowest BCUT2D eigenvalue weighted by Gasteiger charge is -2.28. The van der Waals surface area contributed by atoms with E-state index in [1.807, 2.05) is 4.90 Å². The van der Waals surface area contributed by atoms with Gasteiger partial charge in [-0.25, -0.2) is 5.06 Å². The SMILES string of the molecule is CON(C)C(=O)c1ccc(N2CCOCC2)c([N+](=O)[O-])c1. The van der Waals surface area contributed by atoms with Crippen LogP contribution in [0.1, 0.15) is 10.4 Å².